The number of carbonyl (C=O) groups excluding carboxylic acids is 1. The number of benzene rings is 2. The van der Waals surface area contributed by atoms with Crippen molar-refractivity contribution in [1.82, 2.24) is 4.90 Å². The quantitative estimate of drug-likeness (QED) is 0.614. The van der Waals surface area contributed by atoms with Crippen molar-refractivity contribution in [3.8, 4) is 5.75 Å². The van der Waals surface area contributed by atoms with E-state index >= 15 is 0 Å². The first kappa shape index (κ1) is 24.5. The molecule has 1 aliphatic rings. The van der Waals surface area contributed by atoms with Gasteiger partial charge in [0, 0.05) is 22.2 Å². The predicted molar refractivity (Wildman–Crippen MR) is 119 cm³/mol. The van der Waals surface area contributed by atoms with Crippen LogP contribution in [0, 0.1) is 6.92 Å². The van der Waals surface area contributed by atoms with Gasteiger partial charge in [-0.2, -0.15) is 0 Å². The second kappa shape index (κ2) is 12.2. The minimum Gasteiger partial charge on any atom is -1.00 e. The number of hydrogen-bond donors (Lipinski definition) is 1. The summed E-state index contributed by atoms with van der Waals surface area (Å²) in [5, 5.41) is 0.768. The molecule has 0 aliphatic carbocycles. The van der Waals surface area contributed by atoms with Gasteiger partial charge in [0.15, 0.2) is 0 Å². The molecule has 0 spiro atoms. The third-order valence-corrected chi connectivity index (χ3v) is 5.84. The molecule has 164 valence electrons. The van der Waals surface area contributed by atoms with Crippen LogP contribution in [0.2, 0.25) is 5.02 Å². The Balaban J connectivity index is 0.00000320. The highest BCUT2D eigenvalue weighted by atomic mass is 35.5. The smallest absolute Gasteiger partial charge is 0.254 e. The number of piperazine rings is 1. The van der Waals surface area contributed by atoms with Gasteiger partial charge in [0.05, 0.1) is 32.8 Å². The normalized spacial score (nSPS) is 14.3. The summed E-state index contributed by atoms with van der Waals surface area (Å²) in [7, 11) is 0. The first-order valence-electron chi connectivity index (χ1n) is 10.7. The minimum absolute atomic E-state index is 0. The minimum atomic E-state index is 0. The number of nitrogens with zero attached hydrogens (tertiary/aromatic N) is 1. The van der Waals surface area contributed by atoms with Gasteiger partial charge in [-0.3, -0.25) is 9.69 Å². The molecule has 2 aromatic rings. The van der Waals surface area contributed by atoms with E-state index < -0.39 is 0 Å². The summed E-state index contributed by atoms with van der Waals surface area (Å²) in [6, 6.07) is 13.6. The van der Waals surface area contributed by atoms with E-state index in [9.17, 15) is 4.79 Å². The Bertz CT molecular complexity index is 803. The third kappa shape index (κ3) is 6.63. The molecule has 0 atom stereocenters. The van der Waals surface area contributed by atoms with Crippen LogP contribution in [0.5, 0.6) is 5.75 Å². The van der Waals surface area contributed by atoms with Gasteiger partial charge in [-0.25, -0.2) is 0 Å². The zero-order valence-electron chi connectivity index (χ0n) is 17.9. The molecule has 0 unspecified atom stereocenters. The Labute approximate surface area is 191 Å². The number of amides is 1. The van der Waals surface area contributed by atoms with Crippen LogP contribution in [0.4, 0.5) is 5.69 Å². The molecule has 1 saturated heterocycles. The molecule has 6 heteroatoms. The van der Waals surface area contributed by atoms with Crippen molar-refractivity contribution in [3.63, 3.8) is 0 Å². The Morgan fingerprint density at radius 1 is 1.07 bits per heavy atom. The Hall–Kier alpha value is -1.75. The standard InChI is InChI=1S/C24H31ClN2O2.ClH/c1-3-4-5-6-17-29-22-11-8-20(9-12-22)24(28)27-15-13-26(14-16-27)23-18-21(25)10-7-19(23)2;/h7-12,18H,3-6,13-17H2,1-2H3;1H. The van der Waals surface area contributed by atoms with Gasteiger partial charge in [0.25, 0.3) is 5.91 Å². The summed E-state index contributed by atoms with van der Waals surface area (Å²) in [6.45, 7) is 8.34. The lowest BCUT2D eigenvalue weighted by atomic mass is 10.1. The number of carbonyl (C=O) groups is 1. The zero-order chi connectivity index (χ0) is 20.6. The van der Waals surface area contributed by atoms with E-state index in [1.165, 1.54) is 35.4 Å². The first-order chi connectivity index (χ1) is 14.1. The van der Waals surface area contributed by atoms with Crippen LogP contribution in [-0.2, 0) is 0 Å². The van der Waals surface area contributed by atoms with Crippen molar-refractivity contribution in [2.24, 2.45) is 0 Å². The molecular weight excluding hydrogens is 419 g/mol. The molecule has 0 aromatic heterocycles. The van der Waals surface area contributed by atoms with E-state index in [1.54, 1.807) is 0 Å². The topological polar surface area (TPSA) is 34.0 Å². The van der Waals surface area contributed by atoms with E-state index in [1.807, 2.05) is 41.3 Å². The highest BCUT2D eigenvalue weighted by molar-refractivity contribution is 6.30. The van der Waals surface area contributed by atoms with Gasteiger partial charge in [-0.15, -0.1) is 0 Å². The zero-order valence-corrected chi connectivity index (χ0v) is 19.4. The lowest BCUT2D eigenvalue weighted by molar-refractivity contribution is -0.837. The molecule has 0 radical (unpaired) electrons. The van der Waals surface area contributed by atoms with Crippen molar-refractivity contribution in [2.45, 2.75) is 39.5 Å². The van der Waals surface area contributed by atoms with Crippen LogP contribution in [0.1, 0.15) is 48.5 Å². The molecule has 0 saturated carbocycles. The Morgan fingerprint density at radius 2 is 1.77 bits per heavy atom. The average Bonchev–Trinajstić information content (AvgIpc) is 2.75. The van der Waals surface area contributed by atoms with E-state index in [0.29, 0.717) is 0 Å². The van der Waals surface area contributed by atoms with E-state index in [-0.39, 0.29) is 18.3 Å². The van der Waals surface area contributed by atoms with Crippen molar-refractivity contribution in [1.29, 1.82) is 0 Å². The van der Waals surface area contributed by atoms with E-state index in [2.05, 4.69) is 19.9 Å². The summed E-state index contributed by atoms with van der Waals surface area (Å²) in [5.74, 6) is 0.935. The van der Waals surface area contributed by atoms with Crippen LogP contribution in [0.15, 0.2) is 42.5 Å². The maximum Gasteiger partial charge on any atom is 0.254 e. The molecule has 30 heavy (non-hydrogen) atoms. The second-order valence-corrected chi connectivity index (χ2v) is 8.22. The number of nitrogens with one attached hydrogen (secondary N) is 1. The molecule has 1 aliphatic heterocycles. The highest BCUT2D eigenvalue weighted by Crippen LogP contribution is 2.18. The highest BCUT2D eigenvalue weighted by Gasteiger charge is 2.26. The number of hydrogen-bond acceptors (Lipinski definition) is 2. The second-order valence-electron chi connectivity index (χ2n) is 7.79. The van der Waals surface area contributed by atoms with Crippen molar-refractivity contribution < 1.29 is 26.8 Å². The molecule has 3 rings (SSSR count). The molecule has 1 amide bonds. The summed E-state index contributed by atoms with van der Waals surface area (Å²) < 4.78 is 5.78. The van der Waals surface area contributed by atoms with E-state index in [0.717, 1.165) is 55.5 Å². The lowest BCUT2D eigenvalue weighted by Gasteiger charge is -2.32. The monoisotopic (exact) mass is 450 g/mol. The fourth-order valence-electron chi connectivity index (χ4n) is 3.82. The van der Waals surface area contributed by atoms with Gasteiger partial charge >= 0.3 is 0 Å². The largest absolute Gasteiger partial charge is 1.00 e. The fourth-order valence-corrected chi connectivity index (χ4v) is 3.99. The van der Waals surface area contributed by atoms with E-state index in [4.69, 9.17) is 16.3 Å². The molecule has 1 heterocycles. The van der Waals surface area contributed by atoms with Crippen molar-refractivity contribution in [3.05, 3.63) is 58.6 Å². The van der Waals surface area contributed by atoms with Gasteiger partial charge in [-0.05, 0) is 43.7 Å². The SMILES string of the molecule is CCCCCCOc1ccc(C(=O)N2CC[NH+](c3cc(Cl)ccc3C)CC2)cc1.[Cl-]. The number of halogens is 2. The number of aryl methyl sites for hydroxylation is 1. The van der Waals surface area contributed by atoms with Crippen LogP contribution < -0.4 is 22.0 Å². The summed E-state index contributed by atoms with van der Waals surface area (Å²) in [6.07, 6.45) is 4.76. The third-order valence-electron chi connectivity index (χ3n) is 5.60. The Kier molecular flexibility index (Phi) is 9.96. The fraction of sp³-hybridized carbons (Fsp3) is 0.458. The summed E-state index contributed by atoms with van der Waals surface area (Å²) in [4.78, 5) is 16.2. The molecule has 4 nitrogen and oxygen atoms in total. The van der Waals surface area contributed by atoms with Crippen LogP contribution >= 0.6 is 11.6 Å². The van der Waals surface area contributed by atoms with Gasteiger partial charge in [0.1, 0.15) is 11.4 Å². The number of ether oxygens (including phenoxy) is 1. The molecule has 0 bridgehead atoms. The summed E-state index contributed by atoms with van der Waals surface area (Å²) >= 11 is 6.17. The van der Waals surface area contributed by atoms with Crippen LogP contribution in [0.3, 0.4) is 0 Å². The molecule has 1 fully saturated rings. The van der Waals surface area contributed by atoms with Gasteiger partial charge < -0.3 is 22.0 Å². The van der Waals surface area contributed by atoms with Crippen LogP contribution in [-0.4, -0.2) is 43.6 Å². The molecular formula is C24H32Cl2N2O2. The van der Waals surface area contributed by atoms with Crippen molar-refractivity contribution in [2.75, 3.05) is 32.8 Å². The maximum atomic E-state index is 12.9. The Morgan fingerprint density at radius 3 is 2.43 bits per heavy atom. The molecule has 2 aromatic carbocycles. The molecule has 1 N–H and O–H groups in total. The first-order valence-corrected chi connectivity index (χ1v) is 11.1. The predicted octanol–water partition coefficient (Wildman–Crippen LogP) is 1.28. The average molecular weight is 451 g/mol. The van der Waals surface area contributed by atoms with Gasteiger partial charge in [-0.1, -0.05) is 43.9 Å². The van der Waals surface area contributed by atoms with Crippen molar-refractivity contribution >= 4 is 23.2 Å². The number of rotatable bonds is 8. The lowest BCUT2D eigenvalue weighted by Crippen LogP contribution is -3.10. The number of unbranched alkanes of at least 4 members (excludes halogenated alkanes) is 3. The summed E-state index contributed by atoms with van der Waals surface area (Å²) in [5.41, 5.74) is 3.21. The van der Waals surface area contributed by atoms with Gasteiger partial charge in [0.2, 0.25) is 0 Å². The van der Waals surface area contributed by atoms with Crippen LogP contribution in [0.25, 0.3) is 0 Å². The maximum absolute atomic E-state index is 12.9. The number of quaternary nitrogens is 1.